The second-order valence-corrected chi connectivity index (χ2v) is 8.70. The van der Waals surface area contributed by atoms with Gasteiger partial charge in [-0.1, -0.05) is 17.3 Å². The third-order valence-corrected chi connectivity index (χ3v) is 6.77. The number of aryl methyl sites for hydroxylation is 1. The maximum absolute atomic E-state index is 13.1. The average Bonchev–Trinajstić information content (AvgIpc) is 3.32. The molecule has 1 fully saturated rings. The van der Waals surface area contributed by atoms with Gasteiger partial charge >= 0.3 is 6.18 Å². The number of benzene rings is 1. The van der Waals surface area contributed by atoms with Crippen LogP contribution in [0.3, 0.4) is 0 Å². The first-order valence-electron chi connectivity index (χ1n) is 8.97. The number of carbonyl (C=O) groups excluding carboxylic acids is 1. The fraction of sp³-hybridized carbons (Fsp3) is 0.444. The van der Waals surface area contributed by atoms with Gasteiger partial charge in [0.1, 0.15) is 5.69 Å². The van der Waals surface area contributed by atoms with Crippen molar-refractivity contribution < 1.29 is 30.9 Å². The SMILES string of the molecule is CCNC(=O)C1CCN(S(=O)(=O)c2cc(-c3cc(C(F)(F)F)on3)ccc2C)C1. The average molecular weight is 431 g/mol. The molecule has 1 saturated heterocycles. The second-order valence-electron chi connectivity index (χ2n) is 6.80. The lowest BCUT2D eigenvalue weighted by atomic mass is 10.1. The number of alkyl halides is 3. The lowest BCUT2D eigenvalue weighted by Gasteiger charge is -2.18. The van der Waals surface area contributed by atoms with E-state index in [4.69, 9.17) is 0 Å². The van der Waals surface area contributed by atoms with Gasteiger partial charge in [-0.3, -0.25) is 4.79 Å². The quantitative estimate of drug-likeness (QED) is 0.786. The lowest BCUT2D eigenvalue weighted by molar-refractivity contribution is -0.155. The van der Waals surface area contributed by atoms with Crippen LogP contribution < -0.4 is 5.32 Å². The standard InChI is InChI=1S/C18H20F3N3O4S/c1-3-22-17(25)13-6-7-24(10-13)29(26,27)15-8-12(5-4-11(15)2)14-9-16(28-23-14)18(19,20)21/h4-5,8-9,13H,3,6-7,10H2,1-2H3,(H,22,25). The number of nitrogens with zero attached hydrogens (tertiary/aromatic N) is 2. The van der Waals surface area contributed by atoms with Crippen LogP contribution in [0, 0.1) is 12.8 Å². The van der Waals surface area contributed by atoms with Crippen LogP contribution in [0.15, 0.2) is 33.7 Å². The number of nitrogens with one attached hydrogen (secondary N) is 1. The van der Waals surface area contributed by atoms with Crippen LogP contribution in [0.4, 0.5) is 13.2 Å². The zero-order valence-corrected chi connectivity index (χ0v) is 16.6. The van der Waals surface area contributed by atoms with Gasteiger partial charge in [0.25, 0.3) is 0 Å². The Bertz CT molecular complexity index is 1020. The number of hydrogen-bond acceptors (Lipinski definition) is 5. The molecule has 1 aliphatic rings. The topological polar surface area (TPSA) is 92.5 Å². The summed E-state index contributed by atoms with van der Waals surface area (Å²) in [5.74, 6) is -1.89. The summed E-state index contributed by atoms with van der Waals surface area (Å²) >= 11 is 0. The van der Waals surface area contributed by atoms with E-state index in [2.05, 4.69) is 15.0 Å². The van der Waals surface area contributed by atoms with Gasteiger partial charge in [0.15, 0.2) is 0 Å². The zero-order valence-electron chi connectivity index (χ0n) is 15.8. The molecular formula is C18H20F3N3O4S. The van der Waals surface area contributed by atoms with Gasteiger partial charge in [0.2, 0.25) is 21.7 Å². The number of carbonyl (C=O) groups is 1. The van der Waals surface area contributed by atoms with Crippen LogP contribution in [0.5, 0.6) is 0 Å². The molecule has 11 heteroatoms. The summed E-state index contributed by atoms with van der Waals surface area (Å²) in [5, 5.41) is 6.09. The number of halogens is 3. The molecule has 1 aliphatic heterocycles. The Morgan fingerprint density at radius 1 is 1.34 bits per heavy atom. The van der Waals surface area contributed by atoms with E-state index in [0.717, 1.165) is 6.07 Å². The van der Waals surface area contributed by atoms with Crippen LogP contribution in [0.2, 0.25) is 0 Å². The predicted molar refractivity (Wildman–Crippen MR) is 97.2 cm³/mol. The summed E-state index contributed by atoms with van der Waals surface area (Å²) in [4.78, 5) is 12.0. The molecule has 1 aromatic heterocycles. The molecule has 2 heterocycles. The fourth-order valence-electron chi connectivity index (χ4n) is 3.20. The molecule has 7 nitrogen and oxygen atoms in total. The Morgan fingerprint density at radius 3 is 2.69 bits per heavy atom. The molecule has 1 unspecified atom stereocenters. The molecule has 0 saturated carbocycles. The summed E-state index contributed by atoms with van der Waals surface area (Å²) in [6.45, 7) is 4.08. The molecule has 29 heavy (non-hydrogen) atoms. The molecule has 3 rings (SSSR count). The van der Waals surface area contributed by atoms with Gasteiger partial charge in [-0.2, -0.15) is 17.5 Å². The molecule has 0 aliphatic carbocycles. The summed E-state index contributed by atoms with van der Waals surface area (Å²) < 4.78 is 70.0. The summed E-state index contributed by atoms with van der Waals surface area (Å²) in [6, 6.07) is 4.99. The van der Waals surface area contributed by atoms with Crippen LogP contribution in [-0.2, 0) is 21.0 Å². The molecule has 0 bridgehead atoms. The first-order chi connectivity index (χ1) is 13.5. The Balaban J connectivity index is 1.90. The maximum Gasteiger partial charge on any atom is 0.452 e. The van der Waals surface area contributed by atoms with Crippen LogP contribution >= 0.6 is 0 Å². The van der Waals surface area contributed by atoms with E-state index in [0.29, 0.717) is 18.5 Å². The van der Waals surface area contributed by atoms with E-state index in [9.17, 15) is 26.4 Å². The third-order valence-electron chi connectivity index (χ3n) is 4.76. The minimum atomic E-state index is -4.69. The van der Waals surface area contributed by atoms with Crippen molar-refractivity contribution in [3.8, 4) is 11.3 Å². The van der Waals surface area contributed by atoms with Crippen molar-refractivity contribution in [3.63, 3.8) is 0 Å². The summed E-state index contributed by atoms with van der Waals surface area (Å²) in [5.41, 5.74) is 0.512. The van der Waals surface area contributed by atoms with E-state index in [1.54, 1.807) is 13.8 Å². The first-order valence-corrected chi connectivity index (χ1v) is 10.4. The summed E-state index contributed by atoms with van der Waals surface area (Å²) in [6.07, 6.45) is -4.28. The van der Waals surface area contributed by atoms with Gasteiger partial charge in [-0.25, -0.2) is 8.42 Å². The van der Waals surface area contributed by atoms with Crippen LogP contribution in [0.1, 0.15) is 24.7 Å². The van der Waals surface area contributed by atoms with E-state index >= 15 is 0 Å². The summed E-state index contributed by atoms with van der Waals surface area (Å²) in [7, 11) is -3.93. The molecular weight excluding hydrogens is 411 g/mol. The van der Waals surface area contributed by atoms with Crippen molar-refractivity contribution in [3.05, 3.63) is 35.6 Å². The van der Waals surface area contributed by atoms with Gasteiger partial charge in [0.05, 0.1) is 10.8 Å². The highest BCUT2D eigenvalue weighted by atomic mass is 32.2. The maximum atomic E-state index is 13.1. The van der Waals surface area contributed by atoms with Crippen molar-refractivity contribution >= 4 is 15.9 Å². The molecule has 1 atom stereocenters. The highest BCUT2D eigenvalue weighted by Crippen LogP contribution is 2.34. The molecule has 2 aromatic rings. The first kappa shape index (κ1) is 21.3. The number of rotatable bonds is 5. The third kappa shape index (κ3) is 4.30. The van der Waals surface area contributed by atoms with Crippen molar-refractivity contribution in [2.45, 2.75) is 31.3 Å². The Labute approximate surface area is 165 Å². The van der Waals surface area contributed by atoms with E-state index in [1.165, 1.54) is 22.5 Å². The highest BCUT2D eigenvalue weighted by molar-refractivity contribution is 7.89. The Kier molecular flexibility index (Phi) is 5.72. The van der Waals surface area contributed by atoms with Gasteiger partial charge < -0.3 is 9.84 Å². The Hall–Kier alpha value is -2.40. The number of aromatic nitrogens is 1. The van der Waals surface area contributed by atoms with Crippen LogP contribution in [-0.4, -0.2) is 43.4 Å². The highest BCUT2D eigenvalue weighted by Gasteiger charge is 2.38. The van der Waals surface area contributed by atoms with Crippen molar-refractivity contribution in [1.29, 1.82) is 0 Å². The van der Waals surface area contributed by atoms with Crippen molar-refractivity contribution in [1.82, 2.24) is 14.8 Å². The lowest BCUT2D eigenvalue weighted by Crippen LogP contribution is -2.34. The van der Waals surface area contributed by atoms with Crippen molar-refractivity contribution in [2.75, 3.05) is 19.6 Å². The zero-order chi connectivity index (χ0) is 21.4. The van der Waals surface area contributed by atoms with E-state index in [-0.39, 0.29) is 35.1 Å². The van der Waals surface area contributed by atoms with E-state index < -0.39 is 27.9 Å². The molecule has 1 aromatic carbocycles. The van der Waals surface area contributed by atoms with Gasteiger partial charge in [-0.05, 0) is 31.9 Å². The largest absolute Gasteiger partial charge is 0.452 e. The molecule has 0 radical (unpaired) electrons. The minimum Gasteiger partial charge on any atom is -0.356 e. The second kappa shape index (κ2) is 7.79. The fourth-order valence-corrected chi connectivity index (χ4v) is 4.95. The minimum absolute atomic E-state index is 0.0388. The number of amides is 1. The molecule has 158 valence electrons. The normalized spacial score (nSPS) is 18.2. The Morgan fingerprint density at radius 2 is 2.07 bits per heavy atom. The molecule has 1 N–H and O–H groups in total. The molecule has 0 spiro atoms. The van der Waals surface area contributed by atoms with Gasteiger partial charge in [0, 0.05) is 31.3 Å². The van der Waals surface area contributed by atoms with Crippen molar-refractivity contribution in [2.24, 2.45) is 5.92 Å². The monoisotopic (exact) mass is 431 g/mol. The smallest absolute Gasteiger partial charge is 0.356 e. The molecule has 1 amide bonds. The van der Waals surface area contributed by atoms with Crippen LogP contribution in [0.25, 0.3) is 11.3 Å². The predicted octanol–water partition coefficient (Wildman–Crippen LogP) is 2.82. The van der Waals surface area contributed by atoms with E-state index in [1.807, 2.05) is 0 Å². The number of hydrogen-bond donors (Lipinski definition) is 1. The number of sulfonamides is 1. The van der Waals surface area contributed by atoms with Gasteiger partial charge in [-0.15, -0.1) is 0 Å².